The highest BCUT2D eigenvalue weighted by atomic mass is 32.1. The molecule has 1 unspecified atom stereocenters. The van der Waals surface area contributed by atoms with Crippen molar-refractivity contribution in [2.45, 2.75) is 47.1 Å². The number of nitrogens with two attached hydrogens (primary N) is 1. The van der Waals surface area contributed by atoms with E-state index in [4.69, 9.17) is 5.73 Å². The maximum absolute atomic E-state index is 6.43. The Labute approximate surface area is 103 Å². The van der Waals surface area contributed by atoms with E-state index in [1.54, 1.807) is 0 Å². The van der Waals surface area contributed by atoms with E-state index in [9.17, 15) is 0 Å². The van der Waals surface area contributed by atoms with Crippen molar-refractivity contribution in [3.63, 3.8) is 0 Å². The van der Waals surface area contributed by atoms with Crippen LogP contribution in [0.25, 0.3) is 0 Å². The molecule has 2 rings (SSSR count). The summed E-state index contributed by atoms with van der Waals surface area (Å²) in [5.74, 6) is 0.614. The highest BCUT2D eigenvalue weighted by molar-refractivity contribution is 7.12. The first-order valence-electron chi connectivity index (χ1n) is 6.16. The highest BCUT2D eigenvalue weighted by Gasteiger charge is 2.66. The predicted octanol–water partition coefficient (Wildman–Crippen LogP) is 3.99. The first kappa shape index (κ1) is 12.1. The number of rotatable bonds is 3. The van der Waals surface area contributed by atoms with Crippen LogP contribution < -0.4 is 5.73 Å². The van der Waals surface area contributed by atoms with Crippen molar-refractivity contribution in [3.05, 3.63) is 21.9 Å². The monoisotopic (exact) mass is 237 g/mol. The van der Waals surface area contributed by atoms with Crippen LogP contribution in [0.4, 0.5) is 0 Å². The van der Waals surface area contributed by atoms with Crippen molar-refractivity contribution in [1.82, 2.24) is 0 Å². The van der Waals surface area contributed by atoms with Crippen molar-refractivity contribution >= 4 is 11.3 Å². The fourth-order valence-corrected chi connectivity index (χ4v) is 4.06. The van der Waals surface area contributed by atoms with Gasteiger partial charge in [-0.25, -0.2) is 0 Å². The Morgan fingerprint density at radius 1 is 1.25 bits per heavy atom. The Kier molecular flexibility index (Phi) is 2.71. The molecule has 1 fully saturated rings. The molecule has 0 saturated heterocycles. The van der Waals surface area contributed by atoms with Gasteiger partial charge in [-0.3, -0.25) is 0 Å². The lowest BCUT2D eigenvalue weighted by Crippen LogP contribution is -2.15. The van der Waals surface area contributed by atoms with E-state index >= 15 is 0 Å². The zero-order chi connectivity index (χ0) is 12.1. The Morgan fingerprint density at radius 3 is 2.19 bits per heavy atom. The van der Waals surface area contributed by atoms with Gasteiger partial charge in [-0.1, -0.05) is 34.6 Å². The third kappa shape index (κ3) is 1.54. The van der Waals surface area contributed by atoms with Gasteiger partial charge in [-0.05, 0) is 35.3 Å². The molecule has 2 N–H and O–H groups in total. The summed E-state index contributed by atoms with van der Waals surface area (Å²) in [5.41, 5.74) is 7.19. The molecule has 0 bridgehead atoms. The Balaban J connectivity index is 2.18. The molecule has 1 saturated carbocycles. The van der Waals surface area contributed by atoms with E-state index < -0.39 is 0 Å². The molecule has 1 heterocycles. The number of hydrogen-bond donors (Lipinski definition) is 1. The Hall–Kier alpha value is -0.340. The molecule has 1 aliphatic carbocycles. The van der Waals surface area contributed by atoms with Crippen LogP contribution in [0.5, 0.6) is 0 Å². The van der Waals surface area contributed by atoms with E-state index in [0.717, 1.165) is 6.42 Å². The molecular weight excluding hydrogens is 214 g/mol. The molecule has 1 aromatic heterocycles. The minimum absolute atomic E-state index is 0.218. The van der Waals surface area contributed by atoms with Crippen LogP contribution in [-0.2, 0) is 6.42 Å². The zero-order valence-electron chi connectivity index (χ0n) is 11.0. The molecule has 2 heteroatoms. The summed E-state index contributed by atoms with van der Waals surface area (Å²) in [6, 6.07) is 4.66. The summed E-state index contributed by atoms with van der Waals surface area (Å²) in [7, 11) is 0. The third-order valence-electron chi connectivity index (χ3n) is 4.85. The van der Waals surface area contributed by atoms with E-state index in [1.165, 1.54) is 9.75 Å². The van der Waals surface area contributed by atoms with E-state index in [-0.39, 0.29) is 6.04 Å². The van der Waals surface area contributed by atoms with Crippen molar-refractivity contribution < 1.29 is 0 Å². The second-order valence-corrected chi connectivity index (χ2v) is 7.30. The summed E-state index contributed by atoms with van der Waals surface area (Å²) in [6.07, 6.45) is 1.12. The van der Waals surface area contributed by atoms with E-state index in [2.05, 4.69) is 46.8 Å². The van der Waals surface area contributed by atoms with Gasteiger partial charge < -0.3 is 5.73 Å². The molecule has 0 spiro atoms. The summed E-state index contributed by atoms with van der Waals surface area (Å²) in [4.78, 5) is 2.81. The van der Waals surface area contributed by atoms with Crippen molar-refractivity contribution in [1.29, 1.82) is 0 Å². The zero-order valence-corrected chi connectivity index (χ0v) is 11.8. The Bertz CT molecular complexity index is 375. The van der Waals surface area contributed by atoms with Gasteiger partial charge in [-0.2, -0.15) is 0 Å². The lowest BCUT2D eigenvalue weighted by Gasteiger charge is -2.11. The summed E-state index contributed by atoms with van der Waals surface area (Å²) in [5, 5.41) is 0. The van der Waals surface area contributed by atoms with Gasteiger partial charge in [0.15, 0.2) is 0 Å². The van der Waals surface area contributed by atoms with E-state index in [0.29, 0.717) is 16.7 Å². The highest BCUT2D eigenvalue weighted by Crippen LogP contribution is 2.72. The molecule has 0 aliphatic heterocycles. The average molecular weight is 237 g/mol. The number of thiophene rings is 1. The quantitative estimate of drug-likeness (QED) is 0.845. The van der Waals surface area contributed by atoms with Crippen LogP contribution in [-0.4, -0.2) is 0 Å². The van der Waals surface area contributed by atoms with Gasteiger partial charge in [0.05, 0.1) is 0 Å². The minimum atomic E-state index is 0.218. The van der Waals surface area contributed by atoms with Crippen molar-refractivity contribution in [3.8, 4) is 0 Å². The van der Waals surface area contributed by atoms with Crippen molar-refractivity contribution in [2.75, 3.05) is 0 Å². The van der Waals surface area contributed by atoms with Crippen LogP contribution in [0.1, 0.15) is 50.4 Å². The minimum Gasteiger partial charge on any atom is -0.323 e. The number of aryl methyl sites for hydroxylation is 1. The predicted molar refractivity (Wildman–Crippen MR) is 71.7 cm³/mol. The maximum atomic E-state index is 6.43. The second-order valence-electron chi connectivity index (χ2n) is 6.10. The second kappa shape index (κ2) is 3.58. The van der Waals surface area contributed by atoms with E-state index in [1.807, 2.05) is 11.3 Å². The largest absolute Gasteiger partial charge is 0.323 e. The standard InChI is InChI=1S/C14H23NS/c1-6-9-7-8-10(16-9)11(15)12-13(2,3)14(12,4)5/h7-8,11-12H,6,15H2,1-5H3. The number of hydrogen-bond acceptors (Lipinski definition) is 2. The van der Waals surface area contributed by atoms with Crippen molar-refractivity contribution in [2.24, 2.45) is 22.5 Å². The first-order valence-corrected chi connectivity index (χ1v) is 6.98. The van der Waals surface area contributed by atoms with Crippen LogP contribution in [0.2, 0.25) is 0 Å². The SMILES string of the molecule is CCc1ccc(C(N)C2C(C)(C)C2(C)C)s1. The van der Waals surface area contributed by atoms with Gasteiger partial charge >= 0.3 is 0 Å². The lowest BCUT2D eigenvalue weighted by molar-refractivity contribution is 0.457. The van der Waals surface area contributed by atoms with Crippen LogP contribution >= 0.6 is 11.3 Å². The van der Waals surface area contributed by atoms with Gasteiger partial charge in [0.25, 0.3) is 0 Å². The van der Waals surface area contributed by atoms with Gasteiger partial charge in [0.1, 0.15) is 0 Å². The Morgan fingerprint density at radius 2 is 1.81 bits per heavy atom. The fourth-order valence-electron chi connectivity index (χ4n) is 3.07. The molecule has 16 heavy (non-hydrogen) atoms. The summed E-state index contributed by atoms with van der Waals surface area (Å²) < 4.78 is 0. The fraction of sp³-hybridized carbons (Fsp3) is 0.714. The van der Waals surface area contributed by atoms with Gasteiger partial charge in [0.2, 0.25) is 0 Å². The summed E-state index contributed by atoms with van der Waals surface area (Å²) >= 11 is 1.89. The van der Waals surface area contributed by atoms with Crippen LogP contribution in [0.15, 0.2) is 12.1 Å². The summed E-state index contributed by atoms with van der Waals surface area (Å²) in [6.45, 7) is 11.6. The topological polar surface area (TPSA) is 26.0 Å². The average Bonchev–Trinajstić information content (AvgIpc) is 2.59. The smallest absolute Gasteiger partial charge is 0.0429 e. The molecule has 90 valence electrons. The third-order valence-corrected chi connectivity index (χ3v) is 6.18. The normalized spacial score (nSPS) is 24.4. The molecular formula is C14H23NS. The van der Waals surface area contributed by atoms with Gasteiger partial charge in [-0.15, -0.1) is 11.3 Å². The van der Waals surface area contributed by atoms with Crippen LogP contribution in [0, 0.1) is 16.7 Å². The molecule has 0 radical (unpaired) electrons. The van der Waals surface area contributed by atoms with Crippen LogP contribution in [0.3, 0.4) is 0 Å². The molecule has 0 aromatic carbocycles. The molecule has 1 aliphatic rings. The maximum Gasteiger partial charge on any atom is 0.0429 e. The lowest BCUT2D eigenvalue weighted by atomic mass is 10.0. The molecule has 1 nitrogen and oxygen atoms in total. The molecule has 1 aromatic rings. The molecule has 0 amide bonds. The molecule has 1 atom stereocenters. The first-order chi connectivity index (χ1) is 7.32. The van der Waals surface area contributed by atoms with Gasteiger partial charge in [0, 0.05) is 15.8 Å².